The van der Waals surface area contributed by atoms with Crippen LogP contribution in [0.2, 0.25) is 0 Å². The molecule has 0 N–H and O–H groups in total. The zero-order chi connectivity index (χ0) is 9.42. The molecule has 0 saturated heterocycles. The smallest absolute Gasteiger partial charge is 0.0234 e. The van der Waals surface area contributed by atoms with Crippen LogP contribution in [0, 0.1) is 10.5 Å². The lowest BCUT2D eigenvalue weighted by atomic mass is 9.98. The van der Waals surface area contributed by atoms with E-state index in [0.29, 0.717) is 0 Å². The van der Waals surface area contributed by atoms with Crippen LogP contribution in [0.3, 0.4) is 0 Å². The van der Waals surface area contributed by atoms with Gasteiger partial charge < -0.3 is 4.90 Å². The molecule has 0 spiro atoms. The van der Waals surface area contributed by atoms with E-state index >= 15 is 0 Å². The van der Waals surface area contributed by atoms with Crippen molar-refractivity contribution in [2.24, 2.45) is 0 Å². The van der Waals surface area contributed by atoms with Gasteiger partial charge in [-0.25, -0.2) is 0 Å². The predicted octanol–water partition coefficient (Wildman–Crippen LogP) is 2.59. The number of nitrogens with zero attached hydrogens (tertiary/aromatic N) is 1. The second-order valence-electron chi connectivity index (χ2n) is 3.87. The lowest BCUT2D eigenvalue weighted by Crippen LogP contribution is -2.27. The highest BCUT2D eigenvalue weighted by Gasteiger charge is 2.15. The van der Waals surface area contributed by atoms with Gasteiger partial charge in [0.2, 0.25) is 0 Å². The van der Waals surface area contributed by atoms with Gasteiger partial charge >= 0.3 is 0 Å². The Bertz CT molecular complexity index is 333. The second kappa shape index (κ2) is 3.58. The summed E-state index contributed by atoms with van der Waals surface area (Å²) in [5.74, 6) is 0. The van der Waals surface area contributed by atoms with Crippen LogP contribution in [0.25, 0.3) is 0 Å². The SMILES string of the molecule is Cc1cc(I)c2c(c1)CN(C)CC2. The second-order valence-corrected chi connectivity index (χ2v) is 5.03. The van der Waals surface area contributed by atoms with Gasteiger partial charge in [0, 0.05) is 16.7 Å². The van der Waals surface area contributed by atoms with Crippen molar-refractivity contribution in [1.29, 1.82) is 0 Å². The third-order valence-corrected chi connectivity index (χ3v) is 3.58. The van der Waals surface area contributed by atoms with E-state index in [1.165, 1.54) is 27.7 Å². The number of hydrogen-bond donors (Lipinski definition) is 0. The van der Waals surface area contributed by atoms with Crippen molar-refractivity contribution in [3.8, 4) is 0 Å². The van der Waals surface area contributed by atoms with Gasteiger partial charge in [-0.05, 0) is 65.7 Å². The number of fused-ring (bicyclic) bond motifs is 1. The maximum absolute atomic E-state index is 2.46. The standard InChI is InChI=1S/C11H14IN/c1-8-5-9-7-13(2)4-3-10(9)11(12)6-8/h5-6H,3-4,7H2,1-2H3. The number of likely N-dealkylation sites (N-methyl/N-ethyl adjacent to an activating group) is 1. The van der Waals surface area contributed by atoms with Gasteiger partial charge in [-0.2, -0.15) is 0 Å². The number of benzene rings is 1. The molecule has 2 rings (SSSR count). The molecule has 0 amide bonds. The van der Waals surface area contributed by atoms with E-state index in [4.69, 9.17) is 0 Å². The van der Waals surface area contributed by atoms with Crippen molar-refractivity contribution in [2.45, 2.75) is 19.9 Å². The van der Waals surface area contributed by atoms with Crippen LogP contribution in [-0.4, -0.2) is 18.5 Å². The van der Waals surface area contributed by atoms with Crippen molar-refractivity contribution in [3.05, 3.63) is 32.4 Å². The first-order valence-electron chi connectivity index (χ1n) is 4.63. The molecule has 1 aromatic rings. The van der Waals surface area contributed by atoms with Crippen LogP contribution < -0.4 is 0 Å². The zero-order valence-corrected chi connectivity index (χ0v) is 10.3. The van der Waals surface area contributed by atoms with Gasteiger partial charge in [-0.1, -0.05) is 6.07 Å². The molecule has 0 aromatic heterocycles. The molecule has 0 aliphatic carbocycles. The van der Waals surface area contributed by atoms with E-state index in [1.54, 1.807) is 5.56 Å². The minimum Gasteiger partial charge on any atom is -0.302 e. The topological polar surface area (TPSA) is 3.24 Å². The van der Waals surface area contributed by atoms with Crippen LogP contribution in [0.4, 0.5) is 0 Å². The third-order valence-electron chi connectivity index (χ3n) is 2.62. The van der Waals surface area contributed by atoms with Crippen molar-refractivity contribution < 1.29 is 0 Å². The van der Waals surface area contributed by atoms with Gasteiger partial charge in [0.15, 0.2) is 0 Å². The molecule has 1 nitrogen and oxygen atoms in total. The highest BCUT2D eigenvalue weighted by Crippen LogP contribution is 2.24. The molecule has 0 saturated carbocycles. The number of rotatable bonds is 0. The zero-order valence-electron chi connectivity index (χ0n) is 8.10. The molecule has 2 heteroatoms. The van der Waals surface area contributed by atoms with E-state index in [1.807, 2.05) is 0 Å². The van der Waals surface area contributed by atoms with Gasteiger partial charge in [0.1, 0.15) is 0 Å². The number of aryl methyl sites for hydroxylation is 1. The Balaban J connectivity index is 2.47. The number of hydrogen-bond acceptors (Lipinski definition) is 1. The fourth-order valence-electron chi connectivity index (χ4n) is 1.94. The quantitative estimate of drug-likeness (QED) is 0.663. The molecular weight excluding hydrogens is 273 g/mol. The van der Waals surface area contributed by atoms with Gasteiger partial charge in [0.25, 0.3) is 0 Å². The monoisotopic (exact) mass is 287 g/mol. The summed E-state index contributed by atoms with van der Waals surface area (Å²) in [6, 6.07) is 4.61. The normalized spacial score (nSPS) is 17.2. The highest BCUT2D eigenvalue weighted by molar-refractivity contribution is 14.1. The summed E-state index contributed by atoms with van der Waals surface area (Å²) in [4.78, 5) is 2.39. The van der Waals surface area contributed by atoms with Gasteiger partial charge in [0.05, 0.1) is 0 Å². The molecule has 0 unspecified atom stereocenters. The van der Waals surface area contributed by atoms with E-state index in [-0.39, 0.29) is 0 Å². The van der Waals surface area contributed by atoms with Crippen LogP contribution >= 0.6 is 22.6 Å². The summed E-state index contributed by atoms with van der Waals surface area (Å²) in [7, 11) is 2.19. The van der Waals surface area contributed by atoms with E-state index in [9.17, 15) is 0 Å². The van der Waals surface area contributed by atoms with Crippen LogP contribution in [-0.2, 0) is 13.0 Å². The van der Waals surface area contributed by atoms with E-state index in [2.05, 4.69) is 53.6 Å². The molecule has 0 fully saturated rings. The minimum atomic E-state index is 1.12. The first-order chi connectivity index (χ1) is 6.16. The van der Waals surface area contributed by atoms with Crippen molar-refractivity contribution in [3.63, 3.8) is 0 Å². The molecule has 1 heterocycles. The average molecular weight is 287 g/mol. The molecular formula is C11H14IN. The molecule has 13 heavy (non-hydrogen) atoms. The Morgan fingerprint density at radius 2 is 2.15 bits per heavy atom. The molecule has 0 radical (unpaired) electrons. The summed E-state index contributed by atoms with van der Waals surface area (Å²) in [5.41, 5.74) is 4.49. The Labute approximate surface area is 93.3 Å². The molecule has 1 aliphatic rings. The summed E-state index contributed by atoms with van der Waals surface area (Å²) >= 11 is 2.46. The van der Waals surface area contributed by atoms with Crippen LogP contribution in [0.15, 0.2) is 12.1 Å². The van der Waals surface area contributed by atoms with Gasteiger partial charge in [-0.15, -0.1) is 0 Å². The fraction of sp³-hybridized carbons (Fsp3) is 0.455. The van der Waals surface area contributed by atoms with Gasteiger partial charge in [-0.3, -0.25) is 0 Å². The van der Waals surface area contributed by atoms with E-state index in [0.717, 1.165) is 6.54 Å². The van der Waals surface area contributed by atoms with Crippen LogP contribution in [0.1, 0.15) is 16.7 Å². The Hall–Kier alpha value is -0.0900. The maximum atomic E-state index is 2.46. The van der Waals surface area contributed by atoms with Crippen molar-refractivity contribution >= 4 is 22.6 Å². The fourth-order valence-corrected chi connectivity index (χ4v) is 3.04. The third kappa shape index (κ3) is 1.89. The predicted molar refractivity (Wildman–Crippen MR) is 63.9 cm³/mol. The Morgan fingerprint density at radius 1 is 1.38 bits per heavy atom. The van der Waals surface area contributed by atoms with Crippen LogP contribution in [0.5, 0.6) is 0 Å². The molecule has 1 aliphatic heterocycles. The largest absolute Gasteiger partial charge is 0.302 e. The Kier molecular flexibility index (Phi) is 2.60. The maximum Gasteiger partial charge on any atom is 0.0234 e. The molecule has 0 atom stereocenters. The first-order valence-corrected chi connectivity index (χ1v) is 5.71. The van der Waals surface area contributed by atoms with E-state index < -0.39 is 0 Å². The molecule has 70 valence electrons. The minimum absolute atomic E-state index is 1.12. The summed E-state index contributed by atoms with van der Waals surface area (Å²) in [6.45, 7) is 4.50. The number of halogens is 1. The Morgan fingerprint density at radius 3 is 2.92 bits per heavy atom. The average Bonchev–Trinajstić information content (AvgIpc) is 2.02. The lowest BCUT2D eigenvalue weighted by Gasteiger charge is -2.26. The van der Waals surface area contributed by atoms with Crippen molar-refractivity contribution in [2.75, 3.05) is 13.6 Å². The summed E-state index contributed by atoms with van der Waals surface area (Å²) < 4.78 is 1.45. The summed E-state index contributed by atoms with van der Waals surface area (Å²) in [5, 5.41) is 0. The molecule has 0 bridgehead atoms. The highest BCUT2D eigenvalue weighted by atomic mass is 127. The van der Waals surface area contributed by atoms with Crippen molar-refractivity contribution in [1.82, 2.24) is 4.90 Å². The lowest BCUT2D eigenvalue weighted by molar-refractivity contribution is 0.312. The first kappa shape index (κ1) is 9.46. The summed E-state index contributed by atoms with van der Waals surface area (Å²) in [6.07, 6.45) is 1.21. The molecule has 1 aromatic carbocycles.